The lowest BCUT2D eigenvalue weighted by molar-refractivity contribution is -0.135. The number of ether oxygens (including phenoxy) is 2. The molecule has 13 heteroatoms. The molecule has 3 heterocycles. The summed E-state index contributed by atoms with van der Waals surface area (Å²) in [6, 6.07) is 10.4. The summed E-state index contributed by atoms with van der Waals surface area (Å²) in [5.74, 6) is -0.397. The van der Waals surface area contributed by atoms with Gasteiger partial charge in [0, 0.05) is 28.0 Å². The van der Waals surface area contributed by atoms with E-state index < -0.39 is 22.5 Å². The van der Waals surface area contributed by atoms with Gasteiger partial charge in [-0.3, -0.25) is 13.7 Å². The molecule has 0 radical (unpaired) electrons. The van der Waals surface area contributed by atoms with Crippen LogP contribution in [0.2, 0.25) is 10.0 Å². The highest BCUT2D eigenvalue weighted by molar-refractivity contribution is 7.92. The van der Waals surface area contributed by atoms with Gasteiger partial charge in [-0.25, -0.2) is 18.4 Å². The molecule has 0 bridgehead atoms. The average Bonchev–Trinajstić information content (AvgIpc) is 3.52. The van der Waals surface area contributed by atoms with Gasteiger partial charge in [-0.1, -0.05) is 23.2 Å². The Bertz CT molecular complexity index is 1550. The number of fused-ring (bicyclic) bond motifs is 1. The van der Waals surface area contributed by atoms with Crippen LogP contribution >= 0.6 is 23.2 Å². The zero-order valence-corrected chi connectivity index (χ0v) is 21.4. The largest absolute Gasteiger partial charge is 0.480 e. The van der Waals surface area contributed by atoms with Gasteiger partial charge in [0.1, 0.15) is 12.6 Å². The Balaban J connectivity index is 1.47. The SMILES string of the molecule is O=C(O)CN(c1ccc2c(ccn2-c2cnc(O[C@@H]3CCOC3)cn2)c1)S(=O)(=O)c1cc(Cl)cc(Cl)c1. The molecule has 0 spiro atoms. The Kier molecular flexibility index (Phi) is 6.95. The minimum atomic E-state index is -4.29. The van der Waals surface area contributed by atoms with Gasteiger partial charge in [-0.15, -0.1) is 0 Å². The molecule has 1 fully saturated rings. The number of halogens is 2. The lowest BCUT2D eigenvalue weighted by atomic mass is 10.2. The van der Waals surface area contributed by atoms with Crippen molar-refractivity contribution in [2.45, 2.75) is 17.4 Å². The van der Waals surface area contributed by atoms with Crippen molar-refractivity contribution in [3.05, 3.63) is 71.1 Å². The minimum absolute atomic E-state index is 0.0426. The van der Waals surface area contributed by atoms with Gasteiger partial charge in [0.25, 0.3) is 10.0 Å². The number of hydrogen-bond donors (Lipinski definition) is 1. The summed E-state index contributed by atoms with van der Waals surface area (Å²) in [7, 11) is -4.29. The standard InChI is InChI=1S/C24H20Cl2N4O6S/c25-16-8-17(26)10-20(9-16)37(33,34)30(13-24(31)32)18-1-2-21-15(7-18)3-5-29(21)22-11-28-23(12-27-22)36-19-4-6-35-14-19/h1-3,5,7-12,19H,4,6,13-14H2,(H,31,32)/t19-/m1/s1. The first kappa shape index (κ1) is 25.3. The molecule has 2 aromatic heterocycles. The van der Waals surface area contributed by atoms with Gasteiger partial charge < -0.3 is 14.6 Å². The van der Waals surface area contributed by atoms with Crippen molar-refractivity contribution in [2.75, 3.05) is 24.1 Å². The van der Waals surface area contributed by atoms with E-state index in [-0.39, 0.29) is 26.7 Å². The predicted octanol–water partition coefficient (Wildman–Crippen LogP) is 4.17. The van der Waals surface area contributed by atoms with Crippen LogP contribution in [0.15, 0.2) is 66.0 Å². The topological polar surface area (TPSA) is 124 Å². The molecule has 0 unspecified atom stereocenters. The number of carbonyl (C=O) groups is 1. The molecule has 10 nitrogen and oxygen atoms in total. The van der Waals surface area contributed by atoms with Crippen LogP contribution in [0, 0.1) is 0 Å². The normalized spacial score (nSPS) is 15.7. The number of rotatable bonds is 8. The summed E-state index contributed by atoms with van der Waals surface area (Å²) in [5, 5.41) is 10.3. The molecule has 37 heavy (non-hydrogen) atoms. The maximum atomic E-state index is 13.4. The maximum absolute atomic E-state index is 13.4. The van der Waals surface area contributed by atoms with Crippen LogP contribution in [0.1, 0.15) is 6.42 Å². The molecular weight excluding hydrogens is 543 g/mol. The quantitative estimate of drug-likeness (QED) is 0.339. The van der Waals surface area contributed by atoms with Gasteiger partial charge in [-0.05, 0) is 42.5 Å². The second-order valence-electron chi connectivity index (χ2n) is 8.26. The van der Waals surface area contributed by atoms with Gasteiger partial charge in [-0.2, -0.15) is 0 Å². The Labute approximate surface area is 222 Å². The first-order valence-electron chi connectivity index (χ1n) is 11.1. The third-order valence-corrected chi connectivity index (χ3v) is 7.89. The van der Waals surface area contributed by atoms with E-state index in [2.05, 4.69) is 9.97 Å². The van der Waals surface area contributed by atoms with Crippen molar-refractivity contribution in [1.82, 2.24) is 14.5 Å². The molecule has 0 saturated carbocycles. The Morgan fingerprint density at radius 1 is 1.14 bits per heavy atom. The number of benzene rings is 2. The zero-order valence-electron chi connectivity index (χ0n) is 19.1. The van der Waals surface area contributed by atoms with Gasteiger partial charge >= 0.3 is 5.97 Å². The summed E-state index contributed by atoms with van der Waals surface area (Å²) in [4.78, 5) is 20.1. The lowest BCUT2D eigenvalue weighted by Gasteiger charge is -2.23. The van der Waals surface area contributed by atoms with Gasteiger partial charge in [0.05, 0.1) is 41.7 Å². The first-order valence-corrected chi connectivity index (χ1v) is 13.3. The number of hydrogen-bond acceptors (Lipinski definition) is 7. The highest BCUT2D eigenvalue weighted by atomic mass is 35.5. The van der Waals surface area contributed by atoms with E-state index >= 15 is 0 Å². The van der Waals surface area contributed by atoms with Crippen molar-refractivity contribution >= 4 is 55.8 Å². The number of aliphatic carboxylic acids is 1. The molecule has 192 valence electrons. The molecule has 2 aromatic carbocycles. The zero-order chi connectivity index (χ0) is 26.2. The van der Waals surface area contributed by atoms with Crippen molar-refractivity contribution in [3.8, 4) is 11.7 Å². The molecule has 5 rings (SSSR count). The van der Waals surface area contributed by atoms with Crippen LogP contribution < -0.4 is 9.04 Å². The van der Waals surface area contributed by atoms with Crippen LogP contribution in [0.4, 0.5) is 5.69 Å². The predicted molar refractivity (Wildman–Crippen MR) is 137 cm³/mol. The van der Waals surface area contributed by atoms with E-state index in [1.165, 1.54) is 30.5 Å². The van der Waals surface area contributed by atoms with E-state index in [0.717, 1.165) is 16.2 Å². The van der Waals surface area contributed by atoms with Crippen LogP contribution in [0.3, 0.4) is 0 Å². The second kappa shape index (κ2) is 10.2. The minimum Gasteiger partial charge on any atom is -0.480 e. The summed E-state index contributed by atoms with van der Waals surface area (Å²) in [5.41, 5.74) is 0.881. The highest BCUT2D eigenvalue weighted by Crippen LogP contribution is 2.31. The fourth-order valence-electron chi connectivity index (χ4n) is 4.00. The summed E-state index contributed by atoms with van der Waals surface area (Å²) in [6.07, 6.45) is 5.62. The smallest absolute Gasteiger partial charge is 0.324 e. The van der Waals surface area contributed by atoms with E-state index in [9.17, 15) is 18.3 Å². The monoisotopic (exact) mass is 562 g/mol. The van der Waals surface area contributed by atoms with Crippen molar-refractivity contribution in [1.29, 1.82) is 0 Å². The van der Waals surface area contributed by atoms with E-state index in [1.807, 2.05) is 0 Å². The second-order valence-corrected chi connectivity index (χ2v) is 11.0. The Hall–Kier alpha value is -3.38. The molecular formula is C24H20Cl2N4O6S. The lowest BCUT2D eigenvalue weighted by Crippen LogP contribution is -2.35. The van der Waals surface area contributed by atoms with E-state index in [4.69, 9.17) is 32.7 Å². The van der Waals surface area contributed by atoms with Gasteiger partial charge in [0.2, 0.25) is 5.88 Å². The van der Waals surface area contributed by atoms with Crippen molar-refractivity contribution in [3.63, 3.8) is 0 Å². The van der Waals surface area contributed by atoms with Crippen LogP contribution in [0.5, 0.6) is 5.88 Å². The fourth-order valence-corrected chi connectivity index (χ4v) is 6.13. The molecule has 1 saturated heterocycles. The molecule has 1 atom stereocenters. The van der Waals surface area contributed by atoms with Crippen LogP contribution in [-0.4, -0.2) is 59.9 Å². The van der Waals surface area contributed by atoms with Crippen LogP contribution in [-0.2, 0) is 19.6 Å². The fraction of sp³-hybridized carbons (Fsp3) is 0.208. The third-order valence-electron chi connectivity index (χ3n) is 5.70. The Morgan fingerprint density at radius 3 is 2.57 bits per heavy atom. The number of carboxylic acid groups (broad SMARTS) is 1. The average molecular weight is 563 g/mol. The van der Waals surface area contributed by atoms with Crippen molar-refractivity contribution in [2.24, 2.45) is 0 Å². The van der Waals surface area contributed by atoms with Crippen molar-refractivity contribution < 1.29 is 27.8 Å². The van der Waals surface area contributed by atoms with E-state index in [1.54, 1.807) is 35.2 Å². The molecule has 1 N–H and O–H groups in total. The molecule has 1 aliphatic rings. The Morgan fingerprint density at radius 2 is 1.92 bits per heavy atom. The van der Waals surface area contributed by atoms with E-state index in [0.29, 0.717) is 30.3 Å². The maximum Gasteiger partial charge on any atom is 0.324 e. The van der Waals surface area contributed by atoms with Gasteiger partial charge in [0.15, 0.2) is 5.82 Å². The first-order chi connectivity index (χ1) is 17.7. The molecule has 1 aliphatic heterocycles. The number of aromatic nitrogens is 3. The number of sulfonamides is 1. The molecule has 0 amide bonds. The number of anilines is 1. The highest BCUT2D eigenvalue weighted by Gasteiger charge is 2.28. The number of nitrogens with zero attached hydrogens (tertiary/aromatic N) is 4. The summed E-state index contributed by atoms with van der Waals surface area (Å²) < 4.78 is 40.4. The third kappa shape index (κ3) is 5.35. The molecule has 4 aromatic rings. The summed E-state index contributed by atoms with van der Waals surface area (Å²) >= 11 is 12.0. The molecule has 0 aliphatic carbocycles. The number of carboxylic acids is 1. The summed E-state index contributed by atoms with van der Waals surface area (Å²) in [6.45, 7) is 0.385. The van der Waals surface area contributed by atoms with Crippen LogP contribution in [0.25, 0.3) is 16.7 Å².